The second-order valence-corrected chi connectivity index (χ2v) is 3.99. The summed E-state index contributed by atoms with van der Waals surface area (Å²) in [5, 5.41) is 8.99. The van der Waals surface area contributed by atoms with Gasteiger partial charge in [0.2, 0.25) is 0 Å². The summed E-state index contributed by atoms with van der Waals surface area (Å²) in [6.45, 7) is 0.457. The fraction of sp³-hybridized carbons (Fsp3) is 0.417. The number of carboxylic acids is 1. The number of benzene rings is 1. The molecule has 2 unspecified atom stereocenters. The van der Waals surface area contributed by atoms with Crippen LogP contribution in [0.1, 0.15) is 17.9 Å². The Balaban J connectivity index is 2.41. The molecular weight excluding hydrogens is 222 g/mol. The fourth-order valence-corrected chi connectivity index (χ4v) is 2.13. The molecule has 0 aliphatic carbocycles. The number of aliphatic carboxylic acids is 1. The Morgan fingerprint density at radius 3 is 3.06 bits per heavy atom. The molecule has 0 aromatic heterocycles. The fourth-order valence-electron chi connectivity index (χ4n) is 2.13. The first-order valence-electron chi connectivity index (χ1n) is 5.43. The first-order chi connectivity index (χ1) is 8.15. The van der Waals surface area contributed by atoms with Gasteiger partial charge in [0.05, 0.1) is 13.7 Å². The Hall–Kier alpha value is -1.75. The summed E-state index contributed by atoms with van der Waals surface area (Å²) in [6, 6.07) is 4.52. The van der Waals surface area contributed by atoms with Crippen molar-refractivity contribution in [3.8, 4) is 11.5 Å². The lowest BCUT2D eigenvalue weighted by Crippen LogP contribution is -2.38. The standard InChI is InChI=1S/C12H15NO4/c1-16-9-4-2-3-8-7(10(13)12(14)15)5-6-17-11(8)9/h2-4,7,10H,5-6,13H2,1H3,(H,14,15). The van der Waals surface area contributed by atoms with Crippen LogP contribution in [-0.4, -0.2) is 30.8 Å². The zero-order valence-electron chi connectivity index (χ0n) is 9.55. The Kier molecular flexibility index (Phi) is 3.19. The molecule has 0 bridgehead atoms. The van der Waals surface area contributed by atoms with E-state index in [1.54, 1.807) is 13.2 Å². The van der Waals surface area contributed by atoms with Gasteiger partial charge in [-0.25, -0.2) is 0 Å². The van der Waals surface area contributed by atoms with Gasteiger partial charge in [-0.1, -0.05) is 12.1 Å². The molecule has 92 valence electrons. The number of methoxy groups -OCH3 is 1. The molecule has 3 N–H and O–H groups in total. The number of rotatable bonds is 3. The first-order valence-corrected chi connectivity index (χ1v) is 5.43. The monoisotopic (exact) mass is 237 g/mol. The van der Waals surface area contributed by atoms with Crippen molar-refractivity contribution in [3.05, 3.63) is 23.8 Å². The van der Waals surface area contributed by atoms with Crippen LogP contribution in [-0.2, 0) is 4.79 Å². The van der Waals surface area contributed by atoms with E-state index < -0.39 is 12.0 Å². The van der Waals surface area contributed by atoms with Gasteiger partial charge in [-0.3, -0.25) is 4.79 Å². The summed E-state index contributed by atoms with van der Waals surface area (Å²) >= 11 is 0. The number of carboxylic acid groups (broad SMARTS) is 1. The first kappa shape index (κ1) is 11.7. The van der Waals surface area contributed by atoms with Gasteiger partial charge in [0.1, 0.15) is 6.04 Å². The largest absolute Gasteiger partial charge is 0.493 e. The van der Waals surface area contributed by atoms with Gasteiger partial charge < -0.3 is 20.3 Å². The molecule has 0 saturated heterocycles. The van der Waals surface area contributed by atoms with E-state index in [-0.39, 0.29) is 5.92 Å². The number of hydrogen-bond acceptors (Lipinski definition) is 4. The van der Waals surface area contributed by atoms with Crippen LogP contribution in [0.15, 0.2) is 18.2 Å². The van der Waals surface area contributed by atoms with E-state index in [1.165, 1.54) is 0 Å². The van der Waals surface area contributed by atoms with E-state index in [4.69, 9.17) is 20.3 Å². The van der Waals surface area contributed by atoms with Gasteiger partial charge in [0.15, 0.2) is 11.5 Å². The predicted octanol–water partition coefficient (Wildman–Crippen LogP) is 0.973. The zero-order chi connectivity index (χ0) is 12.4. The average molecular weight is 237 g/mol. The number of carbonyl (C=O) groups is 1. The van der Waals surface area contributed by atoms with Gasteiger partial charge in [-0.15, -0.1) is 0 Å². The maximum absolute atomic E-state index is 11.0. The van der Waals surface area contributed by atoms with E-state index in [2.05, 4.69) is 0 Å². The number of ether oxygens (including phenoxy) is 2. The molecule has 0 radical (unpaired) electrons. The highest BCUT2D eigenvalue weighted by molar-refractivity contribution is 5.75. The van der Waals surface area contributed by atoms with Crippen molar-refractivity contribution >= 4 is 5.97 Å². The molecule has 0 amide bonds. The third kappa shape index (κ3) is 2.06. The van der Waals surface area contributed by atoms with Crippen LogP contribution in [0.3, 0.4) is 0 Å². The predicted molar refractivity (Wildman–Crippen MR) is 61.5 cm³/mol. The highest BCUT2D eigenvalue weighted by Crippen LogP contribution is 2.41. The lowest BCUT2D eigenvalue weighted by Gasteiger charge is -2.29. The van der Waals surface area contributed by atoms with Gasteiger partial charge in [0, 0.05) is 11.5 Å². The van der Waals surface area contributed by atoms with Crippen LogP contribution in [0.25, 0.3) is 0 Å². The van der Waals surface area contributed by atoms with Crippen molar-refractivity contribution in [2.24, 2.45) is 5.73 Å². The van der Waals surface area contributed by atoms with Crippen molar-refractivity contribution in [3.63, 3.8) is 0 Å². The van der Waals surface area contributed by atoms with Crippen molar-refractivity contribution < 1.29 is 19.4 Å². The quantitative estimate of drug-likeness (QED) is 0.818. The molecule has 1 aromatic rings. The molecule has 1 aliphatic heterocycles. The number of fused-ring (bicyclic) bond motifs is 1. The molecule has 17 heavy (non-hydrogen) atoms. The summed E-state index contributed by atoms with van der Waals surface area (Å²) < 4.78 is 10.7. The third-order valence-corrected chi connectivity index (χ3v) is 3.02. The van der Waals surface area contributed by atoms with Crippen molar-refractivity contribution in [1.82, 2.24) is 0 Å². The lowest BCUT2D eigenvalue weighted by molar-refractivity contribution is -0.139. The Morgan fingerprint density at radius 1 is 1.65 bits per heavy atom. The van der Waals surface area contributed by atoms with E-state index >= 15 is 0 Å². The Labute approximate surface area is 99.1 Å². The molecule has 2 atom stereocenters. The van der Waals surface area contributed by atoms with Gasteiger partial charge in [-0.2, -0.15) is 0 Å². The maximum atomic E-state index is 11.0. The highest BCUT2D eigenvalue weighted by atomic mass is 16.5. The van der Waals surface area contributed by atoms with E-state index in [9.17, 15) is 4.79 Å². The SMILES string of the molecule is COc1cccc2c1OCCC2C(N)C(=O)O. The maximum Gasteiger partial charge on any atom is 0.321 e. The second-order valence-electron chi connectivity index (χ2n) is 3.99. The third-order valence-electron chi connectivity index (χ3n) is 3.02. The molecule has 5 nitrogen and oxygen atoms in total. The Morgan fingerprint density at radius 2 is 2.41 bits per heavy atom. The smallest absolute Gasteiger partial charge is 0.321 e. The van der Waals surface area contributed by atoms with Crippen LogP contribution in [0.4, 0.5) is 0 Å². The molecule has 2 rings (SSSR count). The molecule has 0 spiro atoms. The van der Waals surface area contributed by atoms with Crippen LogP contribution < -0.4 is 15.2 Å². The van der Waals surface area contributed by atoms with Crippen LogP contribution in [0.2, 0.25) is 0 Å². The normalized spacial score (nSPS) is 20.0. The molecule has 0 saturated carbocycles. The number of nitrogens with two attached hydrogens (primary N) is 1. The lowest BCUT2D eigenvalue weighted by atomic mass is 9.87. The molecule has 0 fully saturated rings. The number of para-hydroxylation sites is 1. The summed E-state index contributed by atoms with van der Waals surface area (Å²) in [4.78, 5) is 11.0. The van der Waals surface area contributed by atoms with Crippen molar-refractivity contribution in [1.29, 1.82) is 0 Å². The number of hydrogen-bond donors (Lipinski definition) is 2. The highest BCUT2D eigenvalue weighted by Gasteiger charge is 2.32. The van der Waals surface area contributed by atoms with E-state index in [0.29, 0.717) is 24.5 Å². The minimum Gasteiger partial charge on any atom is -0.493 e. The molecular formula is C12H15NO4. The molecule has 1 aliphatic rings. The van der Waals surface area contributed by atoms with Gasteiger partial charge in [-0.05, 0) is 12.5 Å². The van der Waals surface area contributed by atoms with Crippen molar-refractivity contribution in [2.75, 3.05) is 13.7 Å². The van der Waals surface area contributed by atoms with Crippen molar-refractivity contribution in [2.45, 2.75) is 18.4 Å². The molecule has 1 heterocycles. The van der Waals surface area contributed by atoms with E-state index in [0.717, 1.165) is 5.56 Å². The minimum atomic E-state index is -0.995. The molecule has 1 aromatic carbocycles. The minimum absolute atomic E-state index is 0.230. The zero-order valence-corrected chi connectivity index (χ0v) is 9.55. The van der Waals surface area contributed by atoms with Crippen LogP contribution >= 0.6 is 0 Å². The van der Waals surface area contributed by atoms with Gasteiger partial charge >= 0.3 is 5.97 Å². The topological polar surface area (TPSA) is 81.8 Å². The van der Waals surface area contributed by atoms with E-state index in [1.807, 2.05) is 12.1 Å². The summed E-state index contributed by atoms with van der Waals surface area (Å²) in [7, 11) is 1.56. The summed E-state index contributed by atoms with van der Waals surface area (Å²) in [5.74, 6) is 0.00441. The van der Waals surface area contributed by atoms with Crippen LogP contribution in [0, 0.1) is 0 Å². The Bertz CT molecular complexity index is 433. The van der Waals surface area contributed by atoms with Crippen LogP contribution in [0.5, 0.6) is 11.5 Å². The second kappa shape index (κ2) is 4.63. The summed E-state index contributed by atoms with van der Waals surface area (Å²) in [5.41, 5.74) is 6.51. The van der Waals surface area contributed by atoms with Gasteiger partial charge in [0.25, 0.3) is 0 Å². The average Bonchev–Trinajstić information content (AvgIpc) is 2.36. The molecule has 5 heteroatoms. The summed E-state index contributed by atoms with van der Waals surface area (Å²) in [6.07, 6.45) is 0.605.